The van der Waals surface area contributed by atoms with Gasteiger partial charge >= 0.3 is 5.69 Å². The second-order valence-corrected chi connectivity index (χ2v) is 11.5. The summed E-state index contributed by atoms with van der Waals surface area (Å²) in [5.41, 5.74) is 10.7. The number of aliphatic hydroxyl groups is 3. The van der Waals surface area contributed by atoms with Crippen molar-refractivity contribution in [3.63, 3.8) is 0 Å². The summed E-state index contributed by atoms with van der Waals surface area (Å²) < 4.78 is 13.0. The molecule has 0 radical (unpaired) electrons. The number of nitrogens with two attached hydrogens (primary N) is 2. The van der Waals surface area contributed by atoms with E-state index in [0.717, 1.165) is 37.2 Å². The molecule has 11 nitrogen and oxygen atoms in total. The summed E-state index contributed by atoms with van der Waals surface area (Å²) in [6.45, 7) is 1.76. The molecule has 0 amide bonds. The van der Waals surface area contributed by atoms with Gasteiger partial charge in [0.2, 0.25) is 0 Å². The lowest BCUT2D eigenvalue weighted by Gasteiger charge is -2.40. The highest BCUT2D eigenvalue weighted by Gasteiger charge is 2.42. The van der Waals surface area contributed by atoms with Crippen LogP contribution >= 0.6 is 23.5 Å². The highest BCUT2D eigenvalue weighted by molar-refractivity contribution is 7.99. The van der Waals surface area contributed by atoms with Crippen LogP contribution in [-0.2, 0) is 9.47 Å². The lowest BCUT2D eigenvalue weighted by Crippen LogP contribution is -2.61. The second-order valence-electron chi connectivity index (χ2n) is 9.11. The Bertz CT molecular complexity index is 915. The summed E-state index contributed by atoms with van der Waals surface area (Å²) in [7, 11) is 0. The third-order valence-corrected chi connectivity index (χ3v) is 8.81. The molecule has 3 rings (SSSR count). The monoisotopic (exact) mass is 534 g/mol. The Morgan fingerprint density at radius 2 is 1.80 bits per heavy atom. The summed E-state index contributed by atoms with van der Waals surface area (Å²) in [5, 5.41) is 30.3. The van der Waals surface area contributed by atoms with Crippen molar-refractivity contribution in [2.75, 3.05) is 23.8 Å². The van der Waals surface area contributed by atoms with Gasteiger partial charge in [-0.2, -0.15) is 11.8 Å². The first-order valence-electron chi connectivity index (χ1n) is 12.0. The number of aromatic nitrogens is 2. The fraction of sp³-hybridized carbons (Fsp3) is 0.818. The number of unbranched alkanes of at least 4 members (excludes halogenated alkanes) is 3. The number of thioether (sulfide) groups is 2. The van der Waals surface area contributed by atoms with Gasteiger partial charge in [-0.3, -0.25) is 14.3 Å². The van der Waals surface area contributed by atoms with Crippen molar-refractivity contribution in [3.8, 4) is 0 Å². The van der Waals surface area contributed by atoms with Gasteiger partial charge in [0.25, 0.3) is 5.56 Å². The highest BCUT2D eigenvalue weighted by atomic mass is 32.2. The van der Waals surface area contributed by atoms with Crippen LogP contribution in [0, 0.1) is 6.92 Å². The van der Waals surface area contributed by atoms with Crippen molar-refractivity contribution in [2.24, 2.45) is 11.5 Å². The maximum absolute atomic E-state index is 12.1. The first kappa shape index (κ1) is 28.7. The van der Waals surface area contributed by atoms with Crippen LogP contribution in [-0.4, -0.2) is 90.7 Å². The van der Waals surface area contributed by atoms with Crippen LogP contribution < -0.4 is 22.7 Å². The lowest BCUT2D eigenvalue weighted by atomic mass is 9.99. The van der Waals surface area contributed by atoms with Crippen LogP contribution in [0.25, 0.3) is 0 Å². The van der Waals surface area contributed by atoms with Crippen molar-refractivity contribution in [3.05, 3.63) is 32.6 Å². The fourth-order valence-corrected chi connectivity index (χ4v) is 6.51. The molecule has 0 bridgehead atoms. The average Bonchev–Trinajstić information content (AvgIpc) is 3.20. The molecule has 2 aliphatic heterocycles. The van der Waals surface area contributed by atoms with E-state index < -0.39 is 47.9 Å². The standard InChI is InChI=1S/C22H38N4O7S2/c1-12-10-26(22(31)25-20(12)30)16-8-13(27)15(32-16)11-34-6-4-2-3-5-7-35-21-17(24)19(29)18(28)14(9-23)33-21/h10,13-19,21,27-29H,2-9,11,23-24H2,1H3,(H,25,30,31)/t13-,14+,15+,16+,17+,18+,19+,21?/m0/s1. The first-order chi connectivity index (χ1) is 16.7. The van der Waals surface area contributed by atoms with E-state index in [1.54, 1.807) is 30.4 Å². The molecule has 0 saturated carbocycles. The smallest absolute Gasteiger partial charge is 0.330 e. The minimum absolute atomic E-state index is 0.134. The normalized spacial score (nSPS) is 33.3. The van der Waals surface area contributed by atoms with Crippen LogP contribution in [0.2, 0.25) is 0 Å². The summed E-state index contributed by atoms with van der Waals surface area (Å²) in [5.74, 6) is 2.43. The third-order valence-electron chi connectivity index (χ3n) is 6.39. The van der Waals surface area contributed by atoms with E-state index >= 15 is 0 Å². The van der Waals surface area contributed by atoms with E-state index in [2.05, 4.69) is 4.98 Å². The van der Waals surface area contributed by atoms with E-state index in [0.29, 0.717) is 17.7 Å². The molecule has 1 unspecified atom stereocenters. The maximum Gasteiger partial charge on any atom is 0.330 e. The number of nitrogens with zero attached hydrogens (tertiary/aromatic N) is 1. The predicted molar refractivity (Wildman–Crippen MR) is 137 cm³/mol. The van der Waals surface area contributed by atoms with E-state index in [9.17, 15) is 24.9 Å². The topological polar surface area (TPSA) is 186 Å². The molecule has 2 saturated heterocycles. The molecule has 8 atom stereocenters. The SMILES string of the molecule is Cc1cn([C@H]2C[C@H](O)[C@@H](CSCCCCCCSC3O[C@H](CN)[C@@H](O)[C@H](O)[C@H]3N)O2)c(=O)[nH]c1=O. The Kier molecular flexibility index (Phi) is 11.1. The summed E-state index contributed by atoms with van der Waals surface area (Å²) in [6, 6.07) is -0.645. The molecular formula is C22H38N4O7S2. The first-order valence-corrected chi connectivity index (χ1v) is 14.3. The van der Waals surface area contributed by atoms with E-state index in [4.69, 9.17) is 20.9 Å². The Hall–Kier alpha value is -0.900. The number of H-pyrrole nitrogens is 1. The second kappa shape index (κ2) is 13.6. The van der Waals surface area contributed by atoms with Crippen molar-refractivity contribution in [1.82, 2.24) is 9.55 Å². The molecule has 2 fully saturated rings. The van der Waals surface area contributed by atoms with Gasteiger partial charge in [0.15, 0.2) is 0 Å². The van der Waals surface area contributed by atoms with Crippen LogP contribution in [0.4, 0.5) is 0 Å². The Morgan fingerprint density at radius 1 is 1.09 bits per heavy atom. The average molecular weight is 535 g/mol. The molecule has 13 heteroatoms. The molecular weight excluding hydrogens is 496 g/mol. The number of aliphatic hydroxyl groups excluding tert-OH is 3. The molecule has 1 aromatic rings. The van der Waals surface area contributed by atoms with Gasteiger partial charge in [0, 0.05) is 30.5 Å². The van der Waals surface area contributed by atoms with Gasteiger partial charge in [-0.25, -0.2) is 4.79 Å². The molecule has 8 N–H and O–H groups in total. The van der Waals surface area contributed by atoms with Crippen molar-refractivity contribution >= 4 is 23.5 Å². The molecule has 0 aliphatic carbocycles. The van der Waals surface area contributed by atoms with Gasteiger partial charge in [0.1, 0.15) is 23.9 Å². The zero-order chi connectivity index (χ0) is 25.5. The molecule has 3 heterocycles. The zero-order valence-electron chi connectivity index (χ0n) is 20.0. The van der Waals surface area contributed by atoms with Crippen LogP contribution in [0.3, 0.4) is 0 Å². The number of rotatable bonds is 12. The minimum atomic E-state index is -1.05. The van der Waals surface area contributed by atoms with Crippen LogP contribution in [0.15, 0.2) is 15.8 Å². The van der Waals surface area contributed by atoms with E-state index in [1.165, 1.54) is 10.8 Å². The lowest BCUT2D eigenvalue weighted by molar-refractivity contribution is -0.150. The van der Waals surface area contributed by atoms with Crippen molar-refractivity contribution < 1.29 is 24.8 Å². The number of ether oxygens (including phenoxy) is 2. The predicted octanol–water partition coefficient (Wildman–Crippen LogP) is -0.747. The van der Waals surface area contributed by atoms with Crippen molar-refractivity contribution in [2.45, 2.75) is 87.3 Å². The van der Waals surface area contributed by atoms with Crippen molar-refractivity contribution in [1.29, 1.82) is 0 Å². The fourth-order valence-electron chi connectivity index (χ4n) is 4.19. The molecule has 1 aromatic heterocycles. The Labute approximate surface area is 212 Å². The number of aromatic amines is 1. The number of nitrogens with one attached hydrogen (secondary N) is 1. The number of hydrogen-bond acceptors (Lipinski definition) is 11. The largest absolute Gasteiger partial charge is 0.390 e. The minimum Gasteiger partial charge on any atom is -0.390 e. The van der Waals surface area contributed by atoms with Gasteiger partial charge in [-0.15, -0.1) is 11.8 Å². The summed E-state index contributed by atoms with van der Waals surface area (Å²) >= 11 is 3.27. The molecule has 2 aliphatic rings. The van der Waals surface area contributed by atoms with Gasteiger partial charge in [-0.05, 0) is 31.3 Å². The van der Waals surface area contributed by atoms with Gasteiger partial charge < -0.3 is 36.3 Å². The molecule has 0 aromatic carbocycles. The van der Waals surface area contributed by atoms with Crippen LogP contribution in [0.5, 0.6) is 0 Å². The van der Waals surface area contributed by atoms with Gasteiger partial charge in [-0.1, -0.05) is 12.8 Å². The molecule has 200 valence electrons. The Morgan fingerprint density at radius 3 is 2.51 bits per heavy atom. The third kappa shape index (κ3) is 7.55. The van der Waals surface area contributed by atoms with E-state index in [-0.39, 0.29) is 18.1 Å². The molecule has 35 heavy (non-hydrogen) atoms. The Balaban J connectivity index is 1.27. The molecule has 0 spiro atoms. The maximum atomic E-state index is 12.1. The quantitative estimate of drug-likeness (QED) is 0.185. The van der Waals surface area contributed by atoms with Crippen LogP contribution in [0.1, 0.15) is 43.9 Å². The number of aryl methyl sites for hydroxylation is 1. The zero-order valence-corrected chi connectivity index (χ0v) is 21.6. The number of hydrogen-bond donors (Lipinski definition) is 6. The highest BCUT2D eigenvalue weighted by Crippen LogP contribution is 2.30. The summed E-state index contributed by atoms with van der Waals surface area (Å²) in [4.78, 5) is 25.9. The van der Waals surface area contributed by atoms with E-state index in [1.807, 2.05) is 0 Å². The van der Waals surface area contributed by atoms with Gasteiger partial charge in [0.05, 0.1) is 24.4 Å². The summed E-state index contributed by atoms with van der Waals surface area (Å²) in [6.07, 6.45) is 1.66.